The summed E-state index contributed by atoms with van der Waals surface area (Å²) in [6.07, 6.45) is 3.41. The fourth-order valence-electron chi connectivity index (χ4n) is 3.01. The van der Waals surface area contributed by atoms with Gasteiger partial charge in [-0.3, -0.25) is 14.6 Å². The molecule has 0 atom stereocenters. The second-order valence-electron chi connectivity index (χ2n) is 6.50. The lowest BCUT2D eigenvalue weighted by molar-refractivity contribution is -0.113. The Morgan fingerprint density at radius 1 is 1.10 bits per heavy atom. The number of nitrogens with zero attached hydrogens (tertiary/aromatic N) is 2. The van der Waals surface area contributed by atoms with Gasteiger partial charge in [-0.25, -0.2) is 4.90 Å². The van der Waals surface area contributed by atoms with Crippen LogP contribution in [0.25, 0.3) is 6.08 Å². The zero-order valence-corrected chi connectivity index (χ0v) is 19.4. The van der Waals surface area contributed by atoms with Gasteiger partial charge in [-0.15, -0.1) is 0 Å². The van der Waals surface area contributed by atoms with Crippen molar-refractivity contribution < 1.29 is 19.1 Å². The van der Waals surface area contributed by atoms with Crippen LogP contribution in [-0.4, -0.2) is 23.2 Å². The van der Waals surface area contributed by atoms with Crippen LogP contribution >= 0.6 is 34.4 Å². The molecule has 2 amide bonds. The number of imide groups is 1. The van der Waals surface area contributed by atoms with E-state index in [1.165, 1.54) is 4.90 Å². The van der Waals surface area contributed by atoms with E-state index in [4.69, 9.17) is 9.47 Å². The van der Waals surface area contributed by atoms with Crippen LogP contribution in [0.4, 0.5) is 10.5 Å². The minimum Gasteiger partial charge on any atom is -0.493 e. The Kier molecular flexibility index (Phi) is 6.57. The van der Waals surface area contributed by atoms with Gasteiger partial charge in [0.2, 0.25) is 0 Å². The molecule has 4 rings (SSSR count). The van der Waals surface area contributed by atoms with Crippen LogP contribution in [-0.2, 0) is 11.4 Å². The SMILES string of the molecule is COc1cc(/C=C2/SC(=O)N(c3ccccc3)C2=O)cc(I)c1OCc1ccccn1. The first-order valence-electron chi connectivity index (χ1n) is 9.30. The Morgan fingerprint density at radius 3 is 2.58 bits per heavy atom. The largest absolute Gasteiger partial charge is 0.493 e. The average Bonchev–Trinajstić information content (AvgIpc) is 3.06. The van der Waals surface area contributed by atoms with Crippen LogP contribution in [0.2, 0.25) is 0 Å². The number of carbonyl (C=O) groups is 2. The van der Waals surface area contributed by atoms with Gasteiger partial charge in [0.15, 0.2) is 11.5 Å². The molecule has 3 aromatic rings. The van der Waals surface area contributed by atoms with Gasteiger partial charge in [0.05, 0.1) is 27.0 Å². The number of amides is 2. The van der Waals surface area contributed by atoms with Gasteiger partial charge < -0.3 is 9.47 Å². The van der Waals surface area contributed by atoms with E-state index < -0.39 is 0 Å². The maximum absolute atomic E-state index is 12.8. The summed E-state index contributed by atoms with van der Waals surface area (Å²) in [4.78, 5) is 31.1. The molecule has 1 fully saturated rings. The van der Waals surface area contributed by atoms with Crippen molar-refractivity contribution in [1.82, 2.24) is 4.98 Å². The van der Waals surface area contributed by atoms with Crippen LogP contribution in [0.15, 0.2) is 71.8 Å². The lowest BCUT2D eigenvalue weighted by Gasteiger charge is -2.14. The molecule has 156 valence electrons. The Morgan fingerprint density at radius 2 is 1.87 bits per heavy atom. The number of halogens is 1. The number of ether oxygens (including phenoxy) is 2. The zero-order chi connectivity index (χ0) is 21.8. The number of thioether (sulfide) groups is 1. The smallest absolute Gasteiger partial charge is 0.298 e. The first-order valence-corrected chi connectivity index (χ1v) is 11.2. The molecule has 8 heteroatoms. The standard InChI is InChI=1S/C23H17IN2O4S/c1-29-19-12-15(11-18(24)21(19)30-14-16-7-5-6-10-25-16)13-20-22(27)26(23(28)31-20)17-8-3-2-4-9-17/h2-13H,14H2,1H3/b20-13+. The van der Waals surface area contributed by atoms with Gasteiger partial charge in [0.25, 0.3) is 11.1 Å². The van der Waals surface area contributed by atoms with Crippen molar-refractivity contribution in [2.45, 2.75) is 6.61 Å². The molecule has 2 heterocycles. The second kappa shape index (κ2) is 9.52. The highest BCUT2D eigenvalue weighted by molar-refractivity contribution is 14.1. The fraction of sp³-hybridized carbons (Fsp3) is 0.0870. The quantitative estimate of drug-likeness (QED) is 0.301. The third-order valence-electron chi connectivity index (χ3n) is 4.45. The number of rotatable bonds is 6. The third kappa shape index (κ3) is 4.75. The predicted molar refractivity (Wildman–Crippen MR) is 129 cm³/mol. The molecule has 0 spiro atoms. The van der Waals surface area contributed by atoms with Crippen LogP contribution in [0.5, 0.6) is 11.5 Å². The van der Waals surface area contributed by atoms with Gasteiger partial charge in [0, 0.05) is 6.20 Å². The van der Waals surface area contributed by atoms with Gasteiger partial charge >= 0.3 is 0 Å². The van der Waals surface area contributed by atoms with E-state index >= 15 is 0 Å². The number of hydrogen-bond acceptors (Lipinski definition) is 6. The van der Waals surface area contributed by atoms with E-state index in [0.29, 0.717) is 28.7 Å². The summed E-state index contributed by atoms with van der Waals surface area (Å²) >= 11 is 3.08. The molecule has 2 aromatic carbocycles. The molecule has 0 radical (unpaired) electrons. The van der Waals surface area contributed by atoms with Crippen LogP contribution in [0.3, 0.4) is 0 Å². The summed E-state index contributed by atoms with van der Waals surface area (Å²) in [6, 6.07) is 18.2. The summed E-state index contributed by atoms with van der Waals surface area (Å²) in [6.45, 7) is 0.308. The van der Waals surface area contributed by atoms with E-state index in [1.54, 1.807) is 49.7 Å². The van der Waals surface area contributed by atoms with Gasteiger partial charge in [-0.05, 0) is 82.4 Å². The predicted octanol–water partition coefficient (Wildman–Crippen LogP) is 5.51. The van der Waals surface area contributed by atoms with E-state index in [1.807, 2.05) is 30.3 Å². The van der Waals surface area contributed by atoms with Crippen molar-refractivity contribution in [1.29, 1.82) is 0 Å². The molecule has 6 nitrogen and oxygen atoms in total. The minimum atomic E-state index is -0.342. The molecule has 31 heavy (non-hydrogen) atoms. The van der Waals surface area contributed by atoms with Crippen molar-refractivity contribution in [2.24, 2.45) is 0 Å². The molecule has 1 aliphatic heterocycles. The Bertz CT molecular complexity index is 1150. The maximum Gasteiger partial charge on any atom is 0.298 e. The van der Waals surface area contributed by atoms with Crippen molar-refractivity contribution in [3.63, 3.8) is 0 Å². The second-order valence-corrected chi connectivity index (χ2v) is 8.65. The highest BCUT2D eigenvalue weighted by Crippen LogP contribution is 2.38. The number of aromatic nitrogens is 1. The third-order valence-corrected chi connectivity index (χ3v) is 6.12. The van der Waals surface area contributed by atoms with Crippen molar-refractivity contribution >= 4 is 57.3 Å². The lowest BCUT2D eigenvalue weighted by Crippen LogP contribution is -2.27. The number of pyridine rings is 1. The topological polar surface area (TPSA) is 68.7 Å². The number of hydrogen-bond donors (Lipinski definition) is 0. The Hall–Kier alpha value is -2.85. The van der Waals surface area contributed by atoms with Crippen molar-refractivity contribution in [2.75, 3.05) is 12.0 Å². The first kappa shape index (κ1) is 21.4. The van der Waals surface area contributed by atoms with Crippen LogP contribution in [0, 0.1) is 3.57 Å². The molecule has 0 saturated carbocycles. The molecule has 1 saturated heterocycles. The zero-order valence-electron chi connectivity index (χ0n) is 16.4. The number of carbonyl (C=O) groups excluding carboxylic acids is 2. The molecular weight excluding hydrogens is 527 g/mol. The number of anilines is 1. The Balaban J connectivity index is 1.59. The van der Waals surface area contributed by atoms with Crippen LogP contribution in [0.1, 0.15) is 11.3 Å². The van der Waals surface area contributed by atoms with Gasteiger partial charge in [-0.2, -0.15) is 0 Å². The lowest BCUT2D eigenvalue weighted by atomic mass is 10.1. The maximum atomic E-state index is 12.8. The van der Waals surface area contributed by atoms with E-state index in [-0.39, 0.29) is 11.1 Å². The summed E-state index contributed by atoms with van der Waals surface area (Å²) in [5.41, 5.74) is 2.10. The highest BCUT2D eigenvalue weighted by atomic mass is 127. The molecule has 0 unspecified atom stereocenters. The first-order chi connectivity index (χ1) is 15.1. The molecule has 1 aromatic heterocycles. The molecule has 0 bridgehead atoms. The summed E-state index contributed by atoms with van der Waals surface area (Å²) in [7, 11) is 1.56. The monoisotopic (exact) mass is 544 g/mol. The fourth-order valence-corrected chi connectivity index (χ4v) is 4.63. The van der Waals surface area contributed by atoms with Gasteiger partial charge in [-0.1, -0.05) is 24.3 Å². The summed E-state index contributed by atoms with van der Waals surface area (Å²) < 4.78 is 12.3. The summed E-state index contributed by atoms with van der Waals surface area (Å²) in [5.74, 6) is 0.797. The molecule has 0 N–H and O–H groups in total. The van der Waals surface area contributed by atoms with E-state index in [2.05, 4.69) is 27.6 Å². The van der Waals surface area contributed by atoms with E-state index in [0.717, 1.165) is 26.6 Å². The van der Waals surface area contributed by atoms with E-state index in [9.17, 15) is 9.59 Å². The average molecular weight is 544 g/mol. The minimum absolute atomic E-state index is 0.308. The van der Waals surface area contributed by atoms with Crippen molar-refractivity contribution in [3.8, 4) is 11.5 Å². The molecular formula is C23H17IN2O4S. The summed E-state index contributed by atoms with van der Waals surface area (Å²) in [5, 5.41) is -0.320. The number of para-hydroxylation sites is 1. The van der Waals surface area contributed by atoms with Crippen LogP contribution < -0.4 is 14.4 Å². The Labute approximate surface area is 197 Å². The molecule has 1 aliphatic rings. The molecule has 0 aliphatic carbocycles. The normalized spacial score (nSPS) is 14.9. The van der Waals surface area contributed by atoms with Gasteiger partial charge in [0.1, 0.15) is 6.61 Å². The number of benzene rings is 2. The highest BCUT2D eigenvalue weighted by Gasteiger charge is 2.36. The number of methoxy groups -OCH3 is 1. The van der Waals surface area contributed by atoms with Crippen molar-refractivity contribution in [3.05, 3.63) is 86.6 Å².